The van der Waals surface area contributed by atoms with Gasteiger partial charge in [0.25, 0.3) is 0 Å². The normalized spacial score (nSPS) is 13.3. The zero-order chi connectivity index (χ0) is 22.9. The van der Waals surface area contributed by atoms with Gasteiger partial charge in [-0.3, -0.25) is 0 Å². The zero-order valence-corrected chi connectivity index (χ0v) is 21.4. The average molecular weight is 545 g/mol. The molecule has 2 nitrogen and oxygen atoms in total. The Labute approximate surface area is 210 Å². The Kier molecular flexibility index (Phi) is 9.94. The molecule has 1 unspecified atom stereocenters. The van der Waals surface area contributed by atoms with E-state index in [1.165, 1.54) is 5.56 Å². The van der Waals surface area contributed by atoms with Gasteiger partial charge in [0.05, 0.1) is 0 Å². The van der Waals surface area contributed by atoms with Crippen LogP contribution in [0.15, 0.2) is 103 Å². The molecule has 32 heavy (non-hydrogen) atoms. The SMILES string of the molecule is ClP(Cl)Cl.ClP1Oc2ccccc2-c2ccccc21.Oc1ccccc1-c1ccccc1.[2HH]. The maximum atomic E-state index is 9.56. The number of halogens is 4. The first-order valence-corrected chi connectivity index (χ1v) is 15.6. The third-order valence-electron chi connectivity index (χ3n) is 4.44. The van der Waals surface area contributed by atoms with E-state index in [-0.39, 0.29) is 1.43 Å². The molecular formula is C24H20Cl4O2P2. The average Bonchev–Trinajstić information content (AvgIpc) is 2.80. The van der Waals surface area contributed by atoms with Crippen LogP contribution in [0, 0.1) is 0 Å². The van der Waals surface area contributed by atoms with E-state index in [2.05, 4.69) is 12.1 Å². The summed E-state index contributed by atoms with van der Waals surface area (Å²) in [6, 6.07) is 33.3. The Morgan fingerprint density at radius 1 is 0.656 bits per heavy atom. The van der Waals surface area contributed by atoms with Crippen molar-refractivity contribution in [2.75, 3.05) is 0 Å². The monoisotopic (exact) mass is 543 g/mol. The number of para-hydroxylation sites is 2. The number of hydrogen-bond donors (Lipinski definition) is 1. The number of hydrogen-bond acceptors (Lipinski definition) is 2. The first kappa shape index (κ1) is 25.1. The van der Waals surface area contributed by atoms with E-state index in [1.54, 1.807) is 6.07 Å². The fourth-order valence-corrected chi connectivity index (χ4v) is 4.78. The summed E-state index contributed by atoms with van der Waals surface area (Å²) in [6.07, 6.45) is 0. The quantitative estimate of drug-likeness (QED) is 0.241. The van der Waals surface area contributed by atoms with Gasteiger partial charge < -0.3 is 9.63 Å². The molecule has 1 N–H and O–H groups in total. The van der Waals surface area contributed by atoms with Gasteiger partial charge in [-0.15, -0.1) is 0 Å². The molecule has 0 aliphatic carbocycles. The summed E-state index contributed by atoms with van der Waals surface area (Å²) in [5.41, 5.74) is 4.25. The molecule has 0 saturated carbocycles. The summed E-state index contributed by atoms with van der Waals surface area (Å²) in [5.74, 6) is 0.0102. The van der Waals surface area contributed by atoms with Crippen molar-refractivity contribution in [1.29, 1.82) is 0 Å². The van der Waals surface area contributed by atoms with E-state index >= 15 is 0 Å². The van der Waals surface area contributed by atoms with E-state index in [1.807, 2.05) is 84.9 Å². The Hall–Kier alpha value is -1.50. The predicted octanol–water partition coefficient (Wildman–Crippen LogP) is 10.2. The summed E-state index contributed by atoms with van der Waals surface area (Å²) in [4.78, 5) is 0. The van der Waals surface area contributed by atoms with Crippen LogP contribution in [0.2, 0.25) is 0 Å². The molecule has 1 aliphatic heterocycles. The number of aromatic hydroxyl groups is 1. The van der Waals surface area contributed by atoms with Gasteiger partial charge in [-0.1, -0.05) is 119 Å². The second-order valence-corrected chi connectivity index (χ2v) is 13.5. The van der Waals surface area contributed by atoms with Crippen LogP contribution in [0.5, 0.6) is 11.5 Å². The molecule has 4 aromatic carbocycles. The fraction of sp³-hybridized carbons (Fsp3) is 0. The zero-order valence-electron chi connectivity index (χ0n) is 16.6. The van der Waals surface area contributed by atoms with Crippen molar-refractivity contribution in [3.05, 3.63) is 103 Å². The molecule has 0 radical (unpaired) electrons. The molecule has 0 spiro atoms. The van der Waals surface area contributed by atoms with E-state index in [4.69, 9.17) is 49.5 Å². The molecular weight excluding hydrogens is 524 g/mol. The maximum absolute atomic E-state index is 9.56. The second kappa shape index (κ2) is 12.7. The summed E-state index contributed by atoms with van der Waals surface area (Å²) in [7, 11) is -1.02. The number of fused-ring (bicyclic) bond motifs is 3. The van der Waals surface area contributed by atoms with Crippen LogP contribution in [0.4, 0.5) is 0 Å². The maximum Gasteiger partial charge on any atom is 0.215 e. The van der Waals surface area contributed by atoms with Crippen LogP contribution in [0.1, 0.15) is 1.43 Å². The molecule has 8 heteroatoms. The highest BCUT2D eigenvalue weighted by molar-refractivity contribution is 8.20. The van der Waals surface area contributed by atoms with Crippen LogP contribution in [-0.4, -0.2) is 5.11 Å². The molecule has 0 amide bonds. The van der Waals surface area contributed by atoms with Crippen molar-refractivity contribution in [3.63, 3.8) is 0 Å². The highest BCUT2D eigenvalue weighted by Gasteiger charge is 2.23. The number of benzene rings is 4. The topological polar surface area (TPSA) is 29.5 Å². The molecule has 4 aromatic rings. The molecule has 1 heterocycles. The Morgan fingerprint density at radius 3 is 1.81 bits per heavy atom. The minimum atomic E-state index is -1.20. The van der Waals surface area contributed by atoms with E-state index in [0.717, 1.165) is 27.7 Å². The third kappa shape index (κ3) is 7.00. The number of rotatable bonds is 1. The Balaban J connectivity index is 0.000000198. The summed E-state index contributed by atoms with van der Waals surface area (Å²) in [6.45, 7) is 0. The van der Waals surface area contributed by atoms with Crippen molar-refractivity contribution in [1.82, 2.24) is 0 Å². The van der Waals surface area contributed by atoms with Crippen LogP contribution >= 0.6 is 58.4 Å². The van der Waals surface area contributed by atoms with E-state index in [0.29, 0.717) is 5.75 Å². The number of phenols is 1. The van der Waals surface area contributed by atoms with Crippen molar-refractivity contribution < 1.29 is 11.1 Å². The van der Waals surface area contributed by atoms with Gasteiger partial charge in [-0.05, 0) is 40.6 Å². The van der Waals surface area contributed by atoms with Crippen molar-refractivity contribution in [2.24, 2.45) is 0 Å². The molecule has 166 valence electrons. The van der Waals surface area contributed by atoms with Gasteiger partial charge in [0, 0.05) is 17.9 Å². The lowest BCUT2D eigenvalue weighted by molar-refractivity contribution is 0.477. The Morgan fingerprint density at radius 2 is 1.16 bits per heavy atom. The van der Waals surface area contributed by atoms with Crippen LogP contribution in [-0.2, 0) is 0 Å². The lowest BCUT2D eigenvalue weighted by Gasteiger charge is -2.23. The molecule has 0 fully saturated rings. The van der Waals surface area contributed by atoms with Crippen molar-refractivity contribution >= 4 is 63.7 Å². The summed E-state index contributed by atoms with van der Waals surface area (Å²) < 4.78 is 5.69. The molecule has 5 rings (SSSR count). The lowest BCUT2D eigenvalue weighted by Crippen LogP contribution is -2.10. The van der Waals surface area contributed by atoms with Gasteiger partial charge in [-0.2, -0.15) is 0 Å². The van der Waals surface area contributed by atoms with Crippen LogP contribution < -0.4 is 9.83 Å². The highest BCUT2D eigenvalue weighted by Crippen LogP contribution is 2.52. The van der Waals surface area contributed by atoms with Crippen LogP contribution in [0.25, 0.3) is 22.3 Å². The highest BCUT2D eigenvalue weighted by atomic mass is 36.0. The van der Waals surface area contributed by atoms with E-state index in [9.17, 15) is 5.11 Å². The standard InChI is InChI=1S/C12H8ClOP.C12H10O.Cl3P.H2/c13-15-12-8-4-2-6-10(12)9-5-1-3-7-11(9)14-15;13-12-9-5-4-8-11(12)10-6-2-1-3-7-10;1-4(2)3;/h1-8H;1-9,13H;;1H/i;;;1+1. The first-order chi connectivity index (χ1) is 15.5. The first-order valence-electron chi connectivity index (χ1n) is 9.40. The van der Waals surface area contributed by atoms with Gasteiger partial charge in [0.15, 0.2) is 5.98 Å². The second-order valence-electron chi connectivity index (χ2n) is 6.42. The van der Waals surface area contributed by atoms with Crippen LogP contribution in [0.3, 0.4) is 0 Å². The largest absolute Gasteiger partial charge is 0.507 e. The smallest absolute Gasteiger partial charge is 0.215 e. The molecule has 0 bridgehead atoms. The summed E-state index contributed by atoms with van der Waals surface area (Å²) in [5, 5.41) is 10.7. The van der Waals surface area contributed by atoms with Gasteiger partial charge >= 0.3 is 0 Å². The Bertz CT molecular complexity index is 1150. The lowest BCUT2D eigenvalue weighted by atomic mass is 10.0. The van der Waals surface area contributed by atoms with Gasteiger partial charge in [0.1, 0.15) is 11.5 Å². The predicted molar refractivity (Wildman–Crippen MR) is 145 cm³/mol. The van der Waals surface area contributed by atoms with Gasteiger partial charge in [-0.25, -0.2) is 0 Å². The van der Waals surface area contributed by atoms with E-state index < -0.39 is 13.5 Å². The minimum absolute atomic E-state index is 0. The molecule has 0 aromatic heterocycles. The minimum Gasteiger partial charge on any atom is -0.507 e. The van der Waals surface area contributed by atoms with Crippen molar-refractivity contribution in [3.8, 4) is 33.8 Å². The third-order valence-corrected chi connectivity index (χ3v) is 6.32. The fourth-order valence-electron chi connectivity index (χ4n) is 3.09. The molecule has 0 saturated heterocycles. The summed E-state index contributed by atoms with van der Waals surface area (Å²) >= 11 is 20.8. The van der Waals surface area contributed by atoms with Gasteiger partial charge in [0.2, 0.25) is 7.50 Å². The number of phenolic OH excluding ortho intramolecular Hbond substituents is 1. The molecule has 1 aliphatic rings. The van der Waals surface area contributed by atoms with Crippen molar-refractivity contribution in [2.45, 2.75) is 0 Å². The molecule has 1 atom stereocenters.